The number of rotatable bonds is 5. The van der Waals surface area contributed by atoms with E-state index < -0.39 is 10.0 Å². The van der Waals surface area contributed by atoms with Gasteiger partial charge in [-0.1, -0.05) is 25.5 Å². The average molecular weight is 211 g/mol. The summed E-state index contributed by atoms with van der Waals surface area (Å²) in [6.07, 6.45) is 1.82. The molecule has 0 bridgehead atoms. The van der Waals surface area contributed by atoms with E-state index in [9.17, 15) is 8.42 Å². The van der Waals surface area contributed by atoms with Crippen molar-refractivity contribution in [3.63, 3.8) is 0 Å². The van der Waals surface area contributed by atoms with Gasteiger partial charge in [-0.15, -0.1) is 0 Å². The fourth-order valence-electron chi connectivity index (χ4n) is 0.967. The van der Waals surface area contributed by atoms with Crippen LogP contribution in [0.2, 0.25) is 0 Å². The van der Waals surface area contributed by atoms with Gasteiger partial charge in [-0.25, -0.2) is 13.1 Å². The van der Waals surface area contributed by atoms with E-state index in [-0.39, 0.29) is 4.90 Å². The standard InChI is InChI=1S/C10H13NO2S/c1-2-3-9-11-14(12,13)10-7-5-4-6-8-10/h5,7-8,11H,2-3,9H2,1H3. The van der Waals surface area contributed by atoms with Gasteiger partial charge in [0, 0.05) is 12.6 Å². The Morgan fingerprint density at radius 3 is 2.79 bits per heavy atom. The van der Waals surface area contributed by atoms with Crippen molar-refractivity contribution in [2.45, 2.75) is 24.7 Å². The molecule has 0 unspecified atom stereocenters. The molecule has 0 aromatic heterocycles. The van der Waals surface area contributed by atoms with Gasteiger partial charge in [-0.3, -0.25) is 0 Å². The minimum Gasteiger partial charge on any atom is -0.211 e. The van der Waals surface area contributed by atoms with Gasteiger partial charge in [0.25, 0.3) is 0 Å². The summed E-state index contributed by atoms with van der Waals surface area (Å²) < 4.78 is 25.6. The molecule has 1 N–H and O–H groups in total. The second kappa shape index (κ2) is 4.99. The zero-order valence-corrected chi connectivity index (χ0v) is 8.89. The lowest BCUT2D eigenvalue weighted by Crippen LogP contribution is -2.24. The van der Waals surface area contributed by atoms with Gasteiger partial charge < -0.3 is 0 Å². The summed E-state index contributed by atoms with van der Waals surface area (Å²) in [7, 11) is -3.33. The molecule has 0 saturated heterocycles. The van der Waals surface area contributed by atoms with Gasteiger partial charge >= 0.3 is 0 Å². The molecule has 0 atom stereocenters. The molecule has 0 spiro atoms. The zero-order chi connectivity index (χ0) is 10.4. The van der Waals surface area contributed by atoms with E-state index in [1.807, 2.05) is 6.92 Å². The molecular weight excluding hydrogens is 198 g/mol. The predicted octanol–water partition coefficient (Wildman–Crippen LogP) is 1.37. The fraction of sp³-hybridized carbons (Fsp3) is 0.400. The van der Waals surface area contributed by atoms with Crippen LogP contribution in [0.15, 0.2) is 23.1 Å². The Hall–Kier alpha value is -1.05. The average Bonchev–Trinajstić information content (AvgIpc) is 2.19. The maximum Gasteiger partial charge on any atom is 0.241 e. The molecule has 0 aliphatic heterocycles. The van der Waals surface area contributed by atoms with Crippen LogP contribution in [0.4, 0.5) is 0 Å². The number of hydrogen-bond donors (Lipinski definition) is 1. The quantitative estimate of drug-likeness (QED) is 0.748. The van der Waals surface area contributed by atoms with Gasteiger partial charge in [-0.05, 0) is 18.6 Å². The van der Waals surface area contributed by atoms with Crippen LogP contribution in [0, 0.1) is 12.1 Å². The van der Waals surface area contributed by atoms with Crippen LogP contribution in [0.3, 0.4) is 0 Å². The Bertz CT molecular complexity index is 359. The van der Waals surface area contributed by atoms with Crippen molar-refractivity contribution in [3.05, 3.63) is 30.3 Å². The smallest absolute Gasteiger partial charge is 0.211 e. The summed E-state index contributed by atoms with van der Waals surface area (Å²) in [4.78, 5) is 0.243. The van der Waals surface area contributed by atoms with Crippen LogP contribution in [0.1, 0.15) is 19.8 Å². The third-order valence-electron chi connectivity index (χ3n) is 1.76. The Labute approximate surface area is 85.2 Å². The molecule has 4 heteroatoms. The molecule has 0 heterocycles. The minimum absolute atomic E-state index is 0.243. The van der Waals surface area contributed by atoms with Crippen molar-refractivity contribution >= 4 is 10.0 Å². The minimum atomic E-state index is -3.33. The predicted molar refractivity (Wildman–Crippen MR) is 54.2 cm³/mol. The molecule has 1 rings (SSSR count). The lowest BCUT2D eigenvalue weighted by Gasteiger charge is -2.04. The molecular formula is C10H13NO2S. The van der Waals surface area contributed by atoms with Crippen molar-refractivity contribution in [2.75, 3.05) is 6.54 Å². The first-order valence-corrected chi connectivity index (χ1v) is 6.02. The van der Waals surface area contributed by atoms with E-state index in [1.165, 1.54) is 18.2 Å². The number of hydrogen-bond acceptors (Lipinski definition) is 2. The molecule has 76 valence electrons. The van der Waals surface area contributed by atoms with Gasteiger partial charge in [0.15, 0.2) is 0 Å². The molecule has 0 amide bonds. The summed E-state index contributed by atoms with van der Waals surface area (Å²) in [5.74, 6) is 0. The first kappa shape index (κ1) is 11.0. The van der Waals surface area contributed by atoms with E-state index in [2.05, 4.69) is 16.9 Å². The molecule has 0 saturated carbocycles. The molecule has 1 aromatic carbocycles. The second-order valence-electron chi connectivity index (χ2n) is 2.92. The van der Waals surface area contributed by atoms with Crippen molar-refractivity contribution in [2.24, 2.45) is 0 Å². The van der Waals surface area contributed by atoms with Crippen LogP contribution in [0.25, 0.3) is 0 Å². The first-order chi connectivity index (χ1) is 6.67. The van der Waals surface area contributed by atoms with E-state index in [1.54, 1.807) is 0 Å². The lowest BCUT2D eigenvalue weighted by molar-refractivity contribution is 0.578. The van der Waals surface area contributed by atoms with Crippen molar-refractivity contribution < 1.29 is 8.42 Å². The van der Waals surface area contributed by atoms with E-state index >= 15 is 0 Å². The highest BCUT2D eigenvalue weighted by atomic mass is 32.2. The van der Waals surface area contributed by atoms with Crippen molar-refractivity contribution in [1.29, 1.82) is 0 Å². The highest BCUT2D eigenvalue weighted by molar-refractivity contribution is 7.89. The zero-order valence-electron chi connectivity index (χ0n) is 8.08. The first-order valence-electron chi connectivity index (χ1n) is 4.54. The normalized spacial score (nSPS) is 10.9. The maximum absolute atomic E-state index is 11.6. The van der Waals surface area contributed by atoms with E-state index in [0.29, 0.717) is 6.54 Å². The van der Waals surface area contributed by atoms with Crippen LogP contribution < -0.4 is 4.72 Å². The number of nitrogens with one attached hydrogen (secondary N) is 1. The van der Waals surface area contributed by atoms with Crippen LogP contribution in [0.5, 0.6) is 0 Å². The van der Waals surface area contributed by atoms with Crippen LogP contribution >= 0.6 is 0 Å². The fourth-order valence-corrected chi connectivity index (χ4v) is 2.01. The molecule has 1 aromatic rings. The third-order valence-corrected chi connectivity index (χ3v) is 3.22. The summed E-state index contributed by atoms with van der Waals surface area (Å²) in [5, 5.41) is 0. The monoisotopic (exact) mass is 211 g/mol. The Kier molecular flexibility index (Phi) is 3.93. The van der Waals surface area contributed by atoms with E-state index in [0.717, 1.165) is 12.8 Å². The molecule has 0 radical (unpaired) electrons. The summed E-state index contributed by atoms with van der Waals surface area (Å²) in [6.45, 7) is 2.50. The molecule has 0 aliphatic rings. The number of unbranched alkanes of at least 4 members (excludes halogenated alkanes) is 1. The third kappa shape index (κ3) is 3.02. The lowest BCUT2D eigenvalue weighted by atomic mass is 10.3. The van der Waals surface area contributed by atoms with Gasteiger partial charge in [-0.2, -0.15) is 0 Å². The van der Waals surface area contributed by atoms with Crippen molar-refractivity contribution in [3.8, 4) is 0 Å². The molecule has 3 nitrogen and oxygen atoms in total. The highest BCUT2D eigenvalue weighted by Crippen LogP contribution is 2.04. The van der Waals surface area contributed by atoms with Crippen LogP contribution in [-0.4, -0.2) is 15.0 Å². The Morgan fingerprint density at radius 2 is 2.21 bits per heavy atom. The molecule has 0 aliphatic carbocycles. The van der Waals surface area contributed by atoms with E-state index in [4.69, 9.17) is 0 Å². The van der Waals surface area contributed by atoms with Gasteiger partial charge in [0.05, 0.1) is 4.90 Å². The largest absolute Gasteiger partial charge is 0.241 e. The topological polar surface area (TPSA) is 46.2 Å². The highest BCUT2D eigenvalue weighted by Gasteiger charge is 2.11. The summed E-state index contributed by atoms with van der Waals surface area (Å²) in [6, 6.07) is 9.72. The van der Waals surface area contributed by atoms with Crippen molar-refractivity contribution in [1.82, 2.24) is 4.72 Å². The van der Waals surface area contributed by atoms with Crippen LogP contribution in [-0.2, 0) is 10.0 Å². The maximum atomic E-state index is 11.6. The second-order valence-corrected chi connectivity index (χ2v) is 4.69. The van der Waals surface area contributed by atoms with Gasteiger partial charge in [0.1, 0.15) is 0 Å². The summed E-state index contributed by atoms with van der Waals surface area (Å²) >= 11 is 0. The Balaban J connectivity index is 2.67. The Morgan fingerprint density at radius 1 is 1.43 bits per heavy atom. The number of sulfonamides is 1. The molecule has 0 fully saturated rings. The SMILES string of the molecule is CCCCNS(=O)(=O)c1cc#ccc1. The summed E-state index contributed by atoms with van der Waals surface area (Å²) in [5.41, 5.74) is 0. The van der Waals surface area contributed by atoms with Gasteiger partial charge in [0.2, 0.25) is 10.0 Å². The molecule has 14 heavy (non-hydrogen) atoms.